The number of hydrogen-bond donors (Lipinski definition) is 3. The largest absolute Gasteiger partial charge is 0.384 e. The van der Waals surface area contributed by atoms with Crippen molar-refractivity contribution in [3.63, 3.8) is 0 Å². The average molecular weight is 469 g/mol. The van der Waals surface area contributed by atoms with E-state index in [4.69, 9.17) is 0 Å². The number of piperazine rings is 1. The molecule has 2 aromatic rings. The summed E-state index contributed by atoms with van der Waals surface area (Å²) in [5.41, 5.74) is 4.62. The third-order valence-electron chi connectivity index (χ3n) is 6.06. The third-order valence-corrected chi connectivity index (χ3v) is 6.96. The number of amides is 2. The first-order chi connectivity index (χ1) is 16.1. The Morgan fingerprint density at radius 2 is 1.88 bits per heavy atom. The zero-order chi connectivity index (χ0) is 23.2. The first kappa shape index (κ1) is 23.3. The molecule has 1 aromatic heterocycles. The van der Waals surface area contributed by atoms with Crippen molar-refractivity contribution in [2.45, 2.75) is 26.3 Å². The number of nitrogens with one attached hydrogen (secondary N) is 3. The molecular weight excluding hydrogens is 436 g/mol. The molecule has 2 aliphatic heterocycles. The Bertz CT molecular complexity index is 1010. The topological polar surface area (TPSA) is 89.6 Å². The second-order valence-corrected chi connectivity index (χ2v) is 9.13. The molecule has 1 fully saturated rings. The van der Waals surface area contributed by atoms with Gasteiger partial charge in [-0.2, -0.15) is 0 Å². The molecule has 3 heterocycles. The molecule has 0 spiro atoms. The van der Waals surface area contributed by atoms with E-state index < -0.39 is 0 Å². The van der Waals surface area contributed by atoms with Crippen LogP contribution in [0.25, 0.3) is 5.70 Å². The standard InChI is InChI=1S/C24H32N6O2S/c1-3-26-23(32)20-16-33-24(28-20)30-13-11-29(12-14-30)15-17-6-8-18(9-7-17)21-19(22(31)25-2)5-4-10-27-21/h6-9,16,27H,3-5,10-15H2,1-2H3,(H,25,31)(H,26,32). The van der Waals surface area contributed by atoms with E-state index >= 15 is 0 Å². The Morgan fingerprint density at radius 3 is 2.58 bits per heavy atom. The molecule has 0 saturated carbocycles. The monoisotopic (exact) mass is 468 g/mol. The fourth-order valence-corrected chi connectivity index (χ4v) is 5.12. The minimum atomic E-state index is -0.108. The van der Waals surface area contributed by atoms with Gasteiger partial charge >= 0.3 is 0 Å². The predicted octanol–water partition coefficient (Wildman–Crippen LogP) is 2.06. The van der Waals surface area contributed by atoms with Crippen molar-refractivity contribution in [2.24, 2.45) is 0 Å². The number of anilines is 1. The lowest BCUT2D eigenvalue weighted by Crippen LogP contribution is -2.46. The maximum absolute atomic E-state index is 12.2. The Kier molecular flexibility index (Phi) is 7.61. The van der Waals surface area contributed by atoms with Crippen LogP contribution in [-0.4, -0.2) is 68.0 Å². The van der Waals surface area contributed by atoms with Gasteiger partial charge in [-0.05, 0) is 30.9 Å². The summed E-state index contributed by atoms with van der Waals surface area (Å²) in [4.78, 5) is 33.4. The molecule has 1 saturated heterocycles. The number of likely N-dealkylation sites (N-methyl/N-ethyl adjacent to an activating group) is 1. The van der Waals surface area contributed by atoms with Gasteiger partial charge in [-0.15, -0.1) is 11.3 Å². The van der Waals surface area contributed by atoms with E-state index in [9.17, 15) is 9.59 Å². The summed E-state index contributed by atoms with van der Waals surface area (Å²) < 4.78 is 0. The van der Waals surface area contributed by atoms with Crippen molar-refractivity contribution in [1.82, 2.24) is 25.8 Å². The van der Waals surface area contributed by atoms with Gasteiger partial charge in [0.2, 0.25) is 5.91 Å². The highest BCUT2D eigenvalue weighted by Crippen LogP contribution is 2.25. The minimum Gasteiger partial charge on any atom is -0.384 e. The molecular formula is C24H32N6O2S. The normalized spacial score (nSPS) is 17.0. The molecule has 9 heteroatoms. The van der Waals surface area contributed by atoms with Gasteiger partial charge in [0.05, 0.1) is 5.70 Å². The second-order valence-electron chi connectivity index (χ2n) is 8.30. The van der Waals surface area contributed by atoms with Crippen LogP contribution in [0.15, 0.2) is 35.2 Å². The summed E-state index contributed by atoms with van der Waals surface area (Å²) in [5.74, 6) is -0.110. The summed E-state index contributed by atoms with van der Waals surface area (Å²) in [6.07, 6.45) is 1.78. The van der Waals surface area contributed by atoms with Crippen LogP contribution in [0, 0.1) is 0 Å². The van der Waals surface area contributed by atoms with Crippen LogP contribution < -0.4 is 20.9 Å². The quantitative estimate of drug-likeness (QED) is 0.576. The van der Waals surface area contributed by atoms with E-state index in [1.54, 1.807) is 7.05 Å². The summed E-state index contributed by atoms with van der Waals surface area (Å²) in [6, 6.07) is 8.54. The molecule has 33 heavy (non-hydrogen) atoms. The average Bonchev–Trinajstić information content (AvgIpc) is 3.35. The Balaban J connectivity index is 1.33. The van der Waals surface area contributed by atoms with Crippen LogP contribution in [0.1, 0.15) is 41.4 Å². The lowest BCUT2D eigenvalue weighted by Gasteiger charge is -2.34. The van der Waals surface area contributed by atoms with E-state index in [-0.39, 0.29) is 11.8 Å². The van der Waals surface area contributed by atoms with Crippen LogP contribution in [0.2, 0.25) is 0 Å². The van der Waals surface area contributed by atoms with Gasteiger partial charge in [-0.1, -0.05) is 24.3 Å². The van der Waals surface area contributed by atoms with Gasteiger partial charge in [0.25, 0.3) is 5.91 Å². The van der Waals surface area contributed by atoms with Gasteiger partial charge in [-0.3, -0.25) is 14.5 Å². The molecule has 0 bridgehead atoms. The number of nitrogens with zero attached hydrogens (tertiary/aromatic N) is 3. The van der Waals surface area contributed by atoms with Gasteiger partial charge < -0.3 is 20.9 Å². The number of aromatic nitrogens is 1. The first-order valence-corrected chi connectivity index (χ1v) is 12.5. The summed E-state index contributed by atoms with van der Waals surface area (Å²) in [6.45, 7) is 7.99. The van der Waals surface area contributed by atoms with E-state index in [0.29, 0.717) is 12.2 Å². The summed E-state index contributed by atoms with van der Waals surface area (Å²) >= 11 is 1.53. The molecule has 1 aromatic carbocycles. The van der Waals surface area contributed by atoms with E-state index in [1.165, 1.54) is 16.9 Å². The van der Waals surface area contributed by atoms with Gasteiger partial charge in [0, 0.05) is 63.8 Å². The van der Waals surface area contributed by atoms with E-state index in [0.717, 1.165) is 74.1 Å². The van der Waals surface area contributed by atoms with Crippen molar-refractivity contribution in [1.29, 1.82) is 0 Å². The molecule has 3 N–H and O–H groups in total. The van der Waals surface area contributed by atoms with Crippen LogP contribution in [-0.2, 0) is 11.3 Å². The summed E-state index contributed by atoms with van der Waals surface area (Å²) in [5, 5.41) is 11.7. The number of rotatable bonds is 7. The SMILES string of the molecule is CCNC(=O)c1csc(N2CCN(Cc3ccc(C4=C(C(=O)NC)CCCN4)cc3)CC2)n1. The van der Waals surface area contributed by atoms with Gasteiger partial charge in [0.15, 0.2) is 5.13 Å². The van der Waals surface area contributed by atoms with Crippen molar-refractivity contribution in [2.75, 3.05) is 51.2 Å². The molecule has 176 valence electrons. The zero-order valence-electron chi connectivity index (χ0n) is 19.3. The molecule has 8 nitrogen and oxygen atoms in total. The Morgan fingerprint density at radius 1 is 1.12 bits per heavy atom. The van der Waals surface area contributed by atoms with Crippen molar-refractivity contribution in [3.05, 3.63) is 52.0 Å². The molecule has 0 radical (unpaired) electrons. The second kappa shape index (κ2) is 10.8. The summed E-state index contributed by atoms with van der Waals surface area (Å²) in [7, 11) is 1.68. The number of benzene rings is 1. The van der Waals surface area contributed by atoms with Gasteiger partial charge in [-0.25, -0.2) is 4.98 Å². The Labute approximate surface area is 199 Å². The molecule has 2 amide bonds. The molecule has 2 aliphatic rings. The fourth-order valence-electron chi connectivity index (χ4n) is 4.26. The van der Waals surface area contributed by atoms with Crippen LogP contribution in [0.3, 0.4) is 0 Å². The minimum absolute atomic E-state index is 0.00232. The fraction of sp³-hybridized carbons (Fsp3) is 0.458. The van der Waals surface area contributed by atoms with Crippen LogP contribution in [0.5, 0.6) is 0 Å². The number of carbonyl (C=O) groups excluding carboxylic acids is 2. The predicted molar refractivity (Wildman–Crippen MR) is 132 cm³/mol. The highest BCUT2D eigenvalue weighted by atomic mass is 32.1. The third kappa shape index (κ3) is 5.54. The van der Waals surface area contributed by atoms with E-state index in [1.807, 2.05) is 12.3 Å². The van der Waals surface area contributed by atoms with E-state index in [2.05, 4.69) is 55.0 Å². The molecule has 4 rings (SSSR count). The lowest BCUT2D eigenvalue weighted by molar-refractivity contribution is -0.117. The van der Waals surface area contributed by atoms with Crippen molar-refractivity contribution < 1.29 is 9.59 Å². The molecule has 0 unspecified atom stereocenters. The first-order valence-electron chi connectivity index (χ1n) is 11.6. The van der Waals surface area contributed by atoms with Crippen LogP contribution in [0.4, 0.5) is 5.13 Å². The maximum atomic E-state index is 12.2. The number of thiazole rings is 1. The maximum Gasteiger partial charge on any atom is 0.270 e. The highest BCUT2D eigenvalue weighted by molar-refractivity contribution is 7.13. The lowest BCUT2D eigenvalue weighted by atomic mass is 9.97. The number of hydrogen-bond acceptors (Lipinski definition) is 7. The Hall–Kier alpha value is -2.91. The molecule has 0 aliphatic carbocycles. The smallest absolute Gasteiger partial charge is 0.270 e. The van der Waals surface area contributed by atoms with Crippen LogP contribution >= 0.6 is 11.3 Å². The number of carbonyl (C=O) groups is 2. The highest BCUT2D eigenvalue weighted by Gasteiger charge is 2.22. The molecule has 0 atom stereocenters. The van der Waals surface area contributed by atoms with Gasteiger partial charge in [0.1, 0.15) is 5.69 Å². The van der Waals surface area contributed by atoms with Crippen molar-refractivity contribution >= 4 is 34.0 Å². The zero-order valence-corrected chi connectivity index (χ0v) is 20.1. The van der Waals surface area contributed by atoms with Crippen molar-refractivity contribution in [3.8, 4) is 0 Å².